The largest absolute Gasteiger partial charge is 0.391 e. The van der Waals surface area contributed by atoms with Crippen molar-refractivity contribution < 1.29 is 18.3 Å². The van der Waals surface area contributed by atoms with Crippen LogP contribution in [0.25, 0.3) is 5.69 Å². The Morgan fingerprint density at radius 2 is 1.96 bits per heavy atom. The Morgan fingerprint density at radius 3 is 2.54 bits per heavy atom. The number of hydrogen-bond acceptors (Lipinski definition) is 5. The van der Waals surface area contributed by atoms with Crippen LogP contribution in [0.1, 0.15) is 10.4 Å². The maximum Gasteiger partial charge on any atom is 0.253 e. The first-order valence-electron chi connectivity index (χ1n) is 8.24. The molecule has 3 rings (SSSR count). The molecule has 0 spiro atoms. The van der Waals surface area contributed by atoms with Crippen molar-refractivity contribution in [3.63, 3.8) is 0 Å². The summed E-state index contributed by atoms with van der Waals surface area (Å²) in [5, 5.41) is 10.2. The van der Waals surface area contributed by atoms with Crippen molar-refractivity contribution >= 4 is 15.9 Å². The molecule has 140 valence electrons. The number of hydrogen-bond donors (Lipinski definition) is 1. The van der Waals surface area contributed by atoms with Gasteiger partial charge in [0.15, 0.2) is 0 Å². The zero-order chi connectivity index (χ0) is 18.9. The number of aliphatic hydroxyl groups excluding tert-OH is 1. The molecule has 1 aromatic carbocycles. The summed E-state index contributed by atoms with van der Waals surface area (Å²) in [6, 6.07) is 7.06. The summed E-state index contributed by atoms with van der Waals surface area (Å²) < 4.78 is 27.0. The maximum absolute atomic E-state index is 12.7. The van der Waals surface area contributed by atoms with Crippen LogP contribution in [0.15, 0.2) is 43.0 Å². The van der Waals surface area contributed by atoms with E-state index in [4.69, 9.17) is 0 Å². The molecule has 0 unspecified atom stereocenters. The first kappa shape index (κ1) is 18.6. The van der Waals surface area contributed by atoms with Crippen LogP contribution >= 0.6 is 0 Å². The topological polar surface area (TPSA) is 95.7 Å². The summed E-state index contributed by atoms with van der Waals surface area (Å²) in [5.74, 6) is -0.882. The van der Waals surface area contributed by atoms with Crippen molar-refractivity contribution in [3.05, 3.63) is 48.5 Å². The summed E-state index contributed by atoms with van der Waals surface area (Å²) >= 11 is 0. The van der Waals surface area contributed by atoms with Gasteiger partial charge in [-0.3, -0.25) is 4.79 Å². The molecule has 2 aromatic rings. The molecule has 0 aliphatic carbocycles. The van der Waals surface area contributed by atoms with Crippen LogP contribution in [0.2, 0.25) is 0 Å². The van der Waals surface area contributed by atoms with Crippen molar-refractivity contribution in [2.24, 2.45) is 5.92 Å². The molecule has 1 aliphatic heterocycles. The summed E-state index contributed by atoms with van der Waals surface area (Å²) in [6.07, 6.45) is 4.30. The summed E-state index contributed by atoms with van der Waals surface area (Å²) in [5.41, 5.74) is 1.38. The molecule has 8 nitrogen and oxygen atoms in total. The number of rotatable bonds is 5. The lowest BCUT2D eigenvalue weighted by Gasteiger charge is -2.18. The van der Waals surface area contributed by atoms with E-state index in [0.717, 1.165) is 9.99 Å². The first-order chi connectivity index (χ1) is 12.3. The number of aromatic nitrogens is 2. The fraction of sp³-hybridized carbons (Fsp3) is 0.412. The number of β-amino-alcohol motifs (C(OH)–C–C–N with tert-alkyl or cyclic N) is 1. The van der Waals surface area contributed by atoms with E-state index in [1.54, 1.807) is 24.7 Å². The molecule has 1 amide bonds. The van der Waals surface area contributed by atoms with Gasteiger partial charge in [0.25, 0.3) is 5.91 Å². The molecule has 0 bridgehead atoms. The van der Waals surface area contributed by atoms with Crippen molar-refractivity contribution in [3.8, 4) is 5.69 Å². The number of nitrogens with zero attached hydrogens (tertiary/aromatic N) is 4. The highest BCUT2D eigenvalue weighted by atomic mass is 32.2. The van der Waals surface area contributed by atoms with Gasteiger partial charge in [0.05, 0.1) is 18.2 Å². The number of carbonyl (C=O) groups excluding carboxylic acids is 1. The van der Waals surface area contributed by atoms with Gasteiger partial charge in [-0.25, -0.2) is 17.7 Å². The van der Waals surface area contributed by atoms with E-state index in [1.165, 1.54) is 19.0 Å². The molecule has 2 heterocycles. The maximum atomic E-state index is 12.7. The van der Waals surface area contributed by atoms with Crippen LogP contribution in [0.4, 0.5) is 0 Å². The van der Waals surface area contributed by atoms with Gasteiger partial charge in [-0.2, -0.15) is 0 Å². The first-order valence-corrected chi connectivity index (χ1v) is 9.85. The second kappa shape index (κ2) is 7.18. The van der Waals surface area contributed by atoms with E-state index >= 15 is 0 Å². The Bertz CT molecular complexity index is 863. The molecule has 0 radical (unpaired) electrons. The highest BCUT2D eigenvalue weighted by Gasteiger charge is 2.37. The molecular formula is C17H22N4O4S. The van der Waals surface area contributed by atoms with E-state index in [1.807, 2.05) is 22.9 Å². The van der Waals surface area contributed by atoms with Crippen LogP contribution in [-0.2, 0) is 10.0 Å². The van der Waals surface area contributed by atoms with E-state index in [0.29, 0.717) is 5.56 Å². The van der Waals surface area contributed by atoms with E-state index in [2.05, 4.69) is 4.98 Å². The number of likely N-dealkylation sites (tertiary alicyclic amines) is 1. The smallest absolute Gasteiger partial charge is 0.253 e. The molecule has 0 saturated carbocycles. The third-order valence-corrected chi connectivity index (χ3v) is 6.55. The van der Waals surface area contributed by atoms with Crippen molar-refractivity contribution in [2.45, 2.75) is 6.10 Å². The number of sulfonamides is 1. The SMILES string of the molecule is CN(C)S(=O)(=O)C[C@@H]1CN(C(=O)c2ccc(-n3ccnc3)cc2)C[C@@H]1O. The van der Waals surface area contributed by atoms with Gasteiger partial charge in [0.1, 0.15) is 0 Å². The average Bonchev–Trinajstić information content (AvgIpc) is 3.25. The molecule has 1 aliphatic rings. The third kappa shape index (κ3) is 3.79. The third-order valence-electron chi connectivity index (χ3n) is 4.59. The lowest BCUT2D eigenvalue weighted by molar-refractivity contribution is 0.0764. The van der Waals surface area contributed by atoms with Gasteiger partial charge >= 0.3 is 0 Å². The zero-order valence-electron chi connectivity index (χ0n) is 14.7. The van der Waals surface area contributed by atoms with Crippen LogP contribution in [0.5, 0.6) is 0 Å². The van der Waals surface area contributed by atoms with E-state index < -0.39 is 22.0 Å². The predicted octanol–water partition coefficient (Wildman–Crippen LogP) is 0.197. The molecule has 26 heavy (non-hydrogen) atoms. The lowest BCUT2D eigenvalue weighted by Crippen LogP contribution is -2.33. The minimum Gasteiger partial charge on any atom is -0.391 e. The Kier molecular flexibility index (Phi) is 5.12. The lowest BCUT2D eigenvalue weighted by atomic mass is 10.1. The molecular weight excluding hydrogens is 356 g/mol. The number of imidazole rings is 1. The van der Waals surface area contributed by atoms with Crippen LogP contribution in [-0.4, -0.2) is 77.2 Å². The van der Waals surface area contributed by atoms with Gasteiger partial charge in [-0.05, 0) is 24.3 Å². The Balaban J connectivity index is 1.69. The van der Waals surface area contributed by atoms with E-state index in [9.17, 15) is 18.3 Å². The fourth-order valence-corrected chi connectivity index (χ4v) is 4.14. The molecule has 1 saturated heterocycles. The van der Waals surface area contributed by atoms with Crippen molar-refractivity contribution in [1.29, 1.82) is 0 Å². The minimum absolute atomic E-state index is 0.135. The standard InChI is InChI=1S/C17H22N4O4S/c1-19(2)26(24,25)11-14-9-21(10-16(14)22)17(23)13-3-5-15(6-4-13)20-8-7-18-12-20/h3-8,12,14,16,22H,9-11H2,1-2H3/t14-,16-/m0/s1. The number of carbonyl (C=O) groups is 1. The summed E-state index contributed by atoms with van der Waals surface area (Å²) in [4.78, 5) is 18.2. The normalized spacial score (nSPS) is 20.7. The molecule has 9 heteroatoms. The highest BCUT2D eigenvalue weighted by Crippen LogP contribution is 2.22. The highest BCUT2D eigenvalue weighted by molar-refractivity contribution is 7.89. The Labute approximate surface area is 152 Å². The number of amides is 1. The van der Waals surface area contributed by atoms with Crippen LogP contribution in [0.3, 0.4) is 0 Å². The molecule has 1 fully saturated rings. The Hall–Kier alpha value is -2.23. The minimum atomic E-state index is -3.43. The second-order valence-electron chi connectivity index (χ2n) is 6.62. The second-order valence-corrected chi connectivity index (χ2v) is 8.84. The van der Waals surface area contributed by atoms with Gasteiger partial charge in [0, 0.05) is 56.7 Å². The zero-order valence-corrected chi connectivity index (χ0v) is 15.5. The predicted molar refractivity (Wildman–Crippen MR) is 96.4 cm³/mol. The molecule has 1 aromatic heterocycles. The van der Waals surface area contributed by atoms with Crippen LogP contribution in [0, 0.1) is 5.92 Å². The molecule has 2 atom stereocenters. The van der Waals surface area contributed by atoms with Crippen molar-refractivity contribution in [2.75, 3.05) is 32.9 Å². The van der Waals surface area contributed by atoms with Gasteiger partial charge in [-0.15, -0.1) is 0 Å². The number of aliphatic hydroxyl groups is 1. The Morgan fingerprint density at radius 1 is 1.27 bits per heavy atom. The molecule has 1 N–H and O–H groups in total. The number of benzene rings is 1. The van der Waals surface area contributed by atoms with Crippen molar-refractivity contribution in [1.82, 2.24) is 18.8 Å². The monoisotopic (exact) mass is 378 g/mol. The van der Waals surface area contributed by atoms with Gasteiger partial charge < -0.3 is 14.6 Å². The van der Waals surface area contributed by atoms with E-state index in [-0.39, 0.29) is 24.7 Å². The average molecular weight is 378 g/mol. The van der Waals surface area contributed by atoms with Gasteiger partial charge in [0.2, 0.25) is 10.0 Å². The summed E-state index contributed by atoms with van der Waals surface area (Å²) in [7, 11) is -0.513. The quantitative estimate of drug-likeness (QED) is 0.802. The van der Waals surface area contributed by atoms with Gasteiger partial charge in [-0.1, -0.05) is 0 Å². The van der Waals surface area contributed by atoms with Crippen LogP contribution < -0.4 is 0 Å². The fourth-order valence-electron chi connectivity index (χ4n) is 2.97. The summed E-state index contributed by atoms with van der Waals surface area (Å²) in [6.45, 7) is 0.353.